The maximum absolute atomic E-state index is 11.8. The first kappa shape index (κ1) is 15.8. The van der Waals surface area contributed by atoms with Crippen molar-refractivity contribution in [1.29, 1.82) is 0 Å². The Balaban J connectivity index is 1.96. The molecule has 3 nitrogen and oxygen atoms in total. The van der Waals surface area contributed by atoms with Crippen molar-refractivity contribution in [3.05, 3.63) is 0 Å². The van der Waals surface area contributed by atoms with Gasteiger partial charge in [-0.15, -0.1) is 0 Å². The van der Waals surface area contributed by atoms with Crippen molar-refractivity contribution in [2.24, 2.45) is 17.3 Å². The van der Waals surface area contributed by atoms with Crippen molar-refractivity contribution in [2.75, 3.05) is 13.6 Å². The molecule has 0 heterocycles. The summed E-state index contributed by atoms with van der Waals surface area (Å²) >= 11 is 0. The number of carbonyl (C=O) groups is 1. The molecule has 0 unspecified atom stereocenters. The minimum atomic E-state index is -0.569. The monoisotopic (exact) mass is 281 g/mol. The van der Waals surface area contributed by atoms with E-state index in [0.29, 0.717) is 12.0 Å². The van der Waals surface area contributed by atoms with Crippen LogP contribution in [-0.2, 0) is 4.79 Å². The van der Waals surface area contributed by atoms with Gasteiger partial charge in [0.25, 0.3) is 0 Å². The van der Waals surface area contributed by atoms with Gasteiger partial charge in [0.05, 0.1) is 5.41 Å². The van der Waals surface area contributed by atoms with Gasteiger partial charge in [-0.3, -0.25) is 4.79 Å². The summed E-state index contributed by atoms with van der Waals surface area (Å²) < 4.78 is 0. The minimum Gasteiger partial charge on any atom is -0.481 e. The van der Waals surface area contributed by atoms with Crippen molar-refractivity contribution >= 4 is 5.97 Å². The molecule has 1 N–H and O–H groups in total. The minimum absolute atomic E-state index is 0.482. The molecule has 2 fully saturated rings. The molecule has 2 saturated carbocycles. The number of rotatable bonds is 4. The lowest BCUT2D eigenvalue weighted by molar-refractivity contribution is -0.153. The summed E-state index contributed by atoms with van der Waals surface area (Å²) in [5, 5.41) is 9.74. The highest BCUT2D eigenvalue weighted by Gasteiger charge is 2.42. The zero-order chi connectivity index (χ0) is 14.8. The van der Waals surface area contributed by atoms with Gasteiger partial charge < -0.3 is 10.0 Å². The molecule has 20 heavy (non-hydrogen) atoms. The summed E-state index contributed by atoms with van der Waals surface area (Å²) in [6, 6.07) is 0.599. The molecule has 116 valence electrons. The fourth-order valence-corrected chi connectivity index (χ4v) is 4.04. The summed E-state index contributed by atoms with van der Waals surface area (Å²) in [4.78, 5) is 14.2. The van der Waals surface area contributed by atoms with Crippen LogP contribution in [0.3, 0.4) is 0 Å². The number of carboxylic acids is 1. The Hall–Kier alpha value is -0.570. The van der Waals surface area contributed by atoms with Crippen LogP contribution in [-0.4, -0.2) is 35.6 Å². The van der Waals surface area contributed by atoms with E-state index in [-0.39, 0.29) is 0 Å². The Morgan fingerprint density at radius 3 is 2.05 bits per heavy atom. The van der Waals surface area contributed by atoms with E-state index in [0.717, 1.165) is 38.1 Å². The molecule has 0 amide bonds. The first-order chi connectivity index (χ1) is 9.43. The molecule has 2 aliphatic carbocycles. The van der Waals surface area contributed by atoms with Crippen LogP contribution in [0, 0.1) is 17.3 Å². The van der Waals surface area contributed by atoms with Crippen LogP contribution in [0.25, 0.3) is 0 Å². The van der Waals surface area contributed by atoms with E-state index < -0.39 is 11.4 Å². The van der Waals surface area contributed by atoms with Crippen LogP contribution < -0.4 is 0 Å². The third kappa shape index (κ3) is 3.55. The largest absolute Gasteiger partial charge is 0.481 e. The Bertz CT molecular complexity index is 326. The molecule has 0 atom stereocenters. The van der Waals surface area contributed by atoms with Crippen molar-refractivity contribution in [3.63, 3.8) is 0 Å². The van der Waals surface area contributed by atoms with Gasteiger partial charge in [0, 0.05) is 12.6 Å². The summed E-state index contributed by atoms with van der Waals surface area (Å²) in [6.07, 6.45) is 8.93. The van der Waals surface area contributed by atoms with E-state index >= 15 is 0 Å². The second kappa shape index (κ2) is 6.46. The van der Waals surface area contributed by atoms with Crippen LogP contribution >= 0.6 is 0 Å². The summed E-state index contributed by atoms with van der Waals surface area (Å²) in [6.45, 7) is 5.32. The van der Waals surface area contributed by atoms with Crippen LogP contribution in [0.4, 0.5) is 0 Å². The third-order valence-electron chi connectivity index (χ3n) is 5.85. The highest BCUT2D eigenvalue weighted by Crippen LogP contribution is 2.40. The lowest BCUT2D eigenvalue weighted by Crippen LogP contribution is -2.47. The molecular weight excluding hydrogens is 250 g/mol. The highest BCUT2D eigenvalue weighted by atomic mass is 16.4. The lowest BCUT2D eigenvalue weighted by Gasteiger charge is -2.42. The molecule has 0 saturated heterocycles. The van der Waals surface area contributed by atoms with Gasteiger partial charge in [-0.05, 0) is 70.3 Å². The van der Waals surface area contributed by atoms with Gasteiger partial charge in [0.2, 0.25) is 0 Å². The molecule has 2 rings (SSSR count). The average molecular weight is 281 g/mol. The first-order valence-electron chi connectivity index (χ1n) is 8.36. The van der Waals surface area contributed by atoms with E-state index in [1.54, 1.807) is 0 Å². The number of aliphatic carboxylic acids is 1. The molecule has 0 aromatic heterocycles. The molecule has 0 aliphatic heterocycles. The Labute approximate surface area is 123 Å². The summed E-state index contributed by atoms with van der Waals surface area (Å²) in [5.74, 6) is 0.979. The van der Waals surface area contributed by atoms with Gasteiger partial charge in [-0.2, -0.15) is 0 Å². The van der Waals surface area contributed by atoms with Crippen LogP contribution in [0.5, 0.6) is 0 Å². The zero-order valence-corrected chi connectivity index (χ0v) is 13.4. The quantitative estimate of drug-likeness (QED) is 0.852. The maximum atomic E-state index is 11.8. The number of nitrogens with zero attached hydrogens (tertiary/aromatic N) is 1. The van der Waals surface area contributed by atoms with E-state index in [1.807, 2.05) is 0 Å². The smallest absolute Gasteiger partial charge is 0.310 e. The predicted octanol–water partition coefficient (Wildman–Crippen LogP) is 3.78. The SMILES string of the molecule is CC1CCC(N(C)CC2(C(=O)O)CCC(C)CC2)CC1. The second-order valence-electron chi connectivity index (χ2n) is 7.60. The molecule has 0 aromatic carbocycles. The average Bonchev–Trinajstić information content (AvgIpc) is 2.42. The standard InChI is InChI=1S/C17H31NO2/c1-13-4-6-15(7-5-13)18(3)12-17(16(19)20)10-8-14(2)9-11-17/h13-15H,4-12H2,1-3H3,(H,19,20). The Kier molecular flexibility index (Phi) is 5.11. The second-order valence-corrected chi connectivity index (χ2v) is 7.60. The third-order valence-corrected chi connectivity index (χ3v) is 5.85. The maximum Gasteiger partial charge on any atom is 0.310 e. The Morgan fingerprint density at radius 1 is 1.05 bits per heavy atom. The summed E-state index contributed by atoms with van der Waals surface area (Å²) in [7, 11) is 2.14. The van der Waals surface area contributed by atoms with Crippen LogP contribution in [0.1, 0.15) is 65.2 Å². The van der Waals surface area contributed by atoms with E-state index in [2.05, 4.69) is 25.8 Å². The molecule has 0 radical (unpaired) electrons. The van der Waals surface area contributed by atoms with Crippen molar-refractivity contribution in [3.8, 4) is 0 Å². The topological polar surface area (TPSA) is 40.5 Å². The van der Waals surface area contributed by atoms with E-state index in [4.69, 9.17) is 0 Å². The van der Waals surface area contributed by atoms with E-state index in [9.17, 15) is 9.90 Å². The van der Waals surface area contributed by atoms with Crippen molar-refractivity contribution in [2.45, 2.75) is 71.3 Å². The highest BCUT2D eigenvalue weighted by molar-refractivity contribution is 5.75. The number of carboxylic acid groups (broad SMARTS) is 1. The number of hydrogen-bond donors (Lipinski definition) is 1. The molecular formula is C17H31NO2. The summed E-state index contributed by atoms with van der Waals surface area (Å²) in [5.41, 5.74) is -0.482. The zero-order valence-electron chi connectivity index (χ0n) is 13.4. The van der Waals surface area contributed by atoms with Gasteiger partial charge in [0.1, 0.15) is 0 Å². The van der Waals surface area contributed by atoms with Gasteiger partial charge >= 0.3 is 5.97 Å². The van der Waals surface area contributed by atoms with Crippen molar-refractivity contribution in [1.82, 2.24) is 4.90 Å². The van der Waals surface area contributed by atoms with Gasteiger partial charge in [0.15, 0.2) is 0 Å². The first-order valence-corrected chi connectivity index (χ1v) is 8.36. The normalized spacial score (nSPS) is 38.9. The van der Waals surface area contributed by atoms with Crippen LogP contribution in [0.15, 0.2) is 0 Å². The molecule has 0 spiro atoms. The lowest BCUT2D eigenvalue weighted by atomic mass is 9.70. The number of hydrogen-bond acceptors (Lipinski definition) is 2. The molecule has 3 heteroatoms. The fourth-order valence-electron chi connectivity index (χ4n) is 4.04. The van der Waals surface area contributed by atoms with Gasteiger partial charge in [-0.1, -0.05) is 13.8 Å². The molecule has 0 bridgehead atoms. The predicted molar refractivity (Wildman–Crippen MR) is 81.8 cm³/mol. The molecule has 0 aromatic rings. The van der Waals surface area contributed by atoms with E-state index in [1.165, 1.54) is 25.7 Å². The van der Waals surface area contributed by atoms with Crippen LogP contribution in [0.2, 0.25) is 0 Å². The Morgan fingerprint density at radius 2 is 1.55 bits per heavy atom. The molecule has 2 aliphatic rings. The fraction of sp³-hybridized carbons (Fsp3) is 0.941. The van der Waals surface area contributed by atoms with Crippen molar-refractivity contribution < 1.29 is 9.90 Å². The van der Waals surface area contributed by atoms with Gasteiger partial charge in [-0.25, -0.2) is 0 Å².